The van der Waals surface area contributed by atoms with Crippen LogP contribution in [0.25, 0.3) is 43.4 Å². The Bertz CT molecular complexity index is 4420. The molecule has 96 heavy (non-hydrogen) atoms. The number of rotatable bonds is 13. The second kappa shape index (κ2) is 28.0. The predicted octanol–water partition coefficient (Wildman–Crippen LogP) is 10.4. The molecule has 11 rings (SSSR count). The van der Waals surface area contributed by atoms with Gasteiger partial charge < -0.3 is 51.3 Å². The van der Waals surface area contributed by atoms with Crippen LogP contribution in [0.3, 0.4) is 0 Å². The van der Waals surface area contributed by atoms with E-state index in [1.807, 2.05) is 36.6 Å². The molecular formula is C65H69N13O11S6Si. The molecule has 7 atom stereocenters. The monoisotopic (exact) mass is 1430 g/mol. The Morgan fingerprint density at radius 1 is 0.677 bits per heavy atom. The minimum absolute atomic E-state index is 0.00125. The maximum absolute atomic E-state index is 15.6. The fraction of sp³-hybridized carbons (Fsp3) is 0.354. The molecule has 10 bridgehead atoms. The highest BCUT2D eigenvalue weighted by Gasteiger charge is 2.46. The summed E-state index contributed by atoms with van der Waals surface area (Å²) in [6.07, 6.45) is -2.57. The number of aliphatic hydroxyl groups excluding tert-OH is 1. The summed E-state index contributed by atoms with van der Waals surface area (Å²) in [5, 5.41) is 30.8. The number of hydrogen-bond acceptors (Lipinski definition) is 24. The Hall–Kier alpha value is -8.40. The molecule has 1 saturated heterocycles. The lowest BCUT2D eigenvalue weighted by Gasteiger charge is -2.36. The first kappa shape index (κ1) is 69.0. The number of aryl methyl sites for hydroxylation is 1. The number of nitrogens with two attached hydrogens (primary N) is 2. The lowest BCUT2D eigenvalue weighted by molar-refractivity contribution is -0.163. The van der Waals surface area contributed by atoms with E-state index >= 15 is 14.4 Å². The first-order valence-corrected chi connectivity index (χ1v) is 38.5. The lowest BCUT2D eigenvalue weighted by atomic mass is 10.00. The summed E-state index contributed by atoms with van der Waals surface area (Å²) >= 11 is 6.95. The average molecular weight is 1430 g/mol. The number of esters is 1. The summed E-state index contributed by atoms with van der Waals surface area (Å²) in [4.78, 5) is 134. The van der Waals surface area contributed by atoms with Crippen molar-refractivity contribution in [3.8, 4) is 49.1 Å². The standard InChI is InChI=1S/C65H69N13O11S6Si/c1-31-45(79)24-78-51(31)62-75-44(30-94-62)59-71-40(26-91-59)49-36(20-21-37(68-49)58-72-41(27-92-58)53(67)82)57-73-42(28-90-57)54(83)69-38(23-46(66)80)60-77-48(32(2)95-60)56(85)76-50(52(34-14-12-11-13-15-34)87-25-47(81)88-64(3,4)5)61-74-43(29-93-61)55(84)70-39(63(78)86)22-33-16-18-35(19-17-33)89-96(9,10)65(6,7)8/h11-21,26-31,38-39,45,50-52,79H,22-25H2,1-10H3,(H2,66,80)(H2,67,82)(H,69,83)(H,70,84)(H,76,85)/t31-,38-,39-,45-,50-,51-,52+/m0/s1. The number of aliphatic hydroxyl groups is 1. The van der Waals surface area contributed by atoms with Crippen LogP contribution >= 0.6 is 68.0 Å². The Morgan fingerprint density at radius 3 is 1.99 bits per heavy atom. The fourth-order valence-electron chi connectivity index (χ4n) is 10.5. The van der Waals surface area contributed by atoms with Gasteiger partial charge in [0.2, 0.25) is 20.1 Å². The number of hydrogen-bond donors (Lipinski definition) is 6. The molecule has 7 aromatic heterocycles. The van der Waals surface area contributed by atoms with E-state index in [1.54, 1.807) is 85.8 Å². The maximum Gasteiger partial charge on any atom is 0.332 e. The third-order valence-corrected chi connectivity index (χ3v) is 26.3. The van der Waals surface area contributed by atoms with Gasteiger partial charge >= 0.3 is 5.97 Å². The molecule has 0 aliphatic carbocycles. The molecule has 8 N–H and O–H groups in total. The molecule has 0 saturated carbocycles. The third-order valence-electron chi connectivity index (χ3n) is 16.4. The number of thiazole rings is 6. The number of ether oxygens (including phenoxy) is 2. The number of nitrogens with zero attached hydrogens (tertiary/aromatic N) is 8. The zero-order chi connectivity index (χ0) is 68.7. The van der Waals surface area contributed by atoms with Crippen molar-refractivity contribution in [3.63, 3.8) is 0 Å². The van der Waals surface area contributed by atoms with Gasteiger partial charge in [0, 0.05) is 56.2 Å². The van der Waals surface area contributed by atoms with Gasteiger partial charge in [-0.25, -0.2) is 39.7 Å². The van der Waals surface area contributed by atoms with Crippen molar-refractivity contribution < 1.29 is 52.6 Å². The van der Waals surface area contributed by atoms with Crippen LogP contribution < -0.4 is 31.8 Å². The molecule has 0 spiro atoms. The minimum Gasteiger partial charge on any atom is -0.544 e. The summed E-state index contributed by atoms with van der Waals surface area (Å²) in [6.45, 7) is 18.7. The van der Waals surface area contributed by atoms with Crippen LogP contribution in [0, 0.1) is 12.8 Å². The van der Waals surface area contributed by atoms with Crippen LogP contribution in [0.5, 0.6) is 5.75 Å². The fourth-order valence-corrected chi connectivity index (χ4v) is 16.9. The number of fused-ring (bicyclic) bond motifs is 16. The molecular weight excluding hydrogens is 1360 g/mol. The van der Waals surface area contributed by atoms with Crippen molar-refractivity contribution in [2.24, 2.45) is 17.4 Å². The Balaban J connectivity index is 1.03. The number of amides is 6. The van der Waals surface area contributed by atoms with Gasteiger partial charge in [-0.3, -0.25) is 28.8 Å². The molecule has 0 radical (unpaired) electrons. The van der Waals surface area contributed by atoms with E-state index < -0.39 is 111 Å². The second-order valence-corrected chi connectivity index (χ2v) is 36.0. The second-order valence-electron chi connectivity index (χ2n) is 25.6. The quantitative estimate of drug-likeness (QED) is 0.0461. The third kappa shape index (κ3) is 15.4. The highest BCUT2D eigenvalue weighted by molar-refractivity contribution is 7.15. The molecule has 500 valence electrons. The SMILES string of the molecule is Cc1sc2nc1C(=O)N[C@@H]([C@H](OCC(=O)OC(C)(C)C)c1ccccc1)c1nc(cs1)C(=O)N[C@@H](Cc1ccc(O[Si](C)(C)C(C)(C)C)cc1)C(=O)N1C[C@H](O)[C@H](C)[C@H]1c1nc(cs1)-c1nc(cs1)-c1nc(-c3nc(C(N)=O)cs3)ccc1-c1nc(cs1)C(=O)N[C@H]2CC(N)=O. The molecule has 2 aliphatic rings. The van der Waals surface area contributed by atoms with E-state index in [1.165, 1.54) is 44.8 Å². The van der Waals surface area contributed by atoms with Gasteiger partial charge in [-0.15, -0.1) is 68.0 Å². The topological polar surface area (TPSA) is 349 Å². The van der Waals surface area contributed by atoms with Crippen LogP contribution in [-0.4, -0.2) is 126 Å². The molecule has 0 unspecified atom stereocenters. The summed E-state index contributed by atoms with van der Waals surface area (Å²) < 4.78 is 18.7. The van der Waals surface area contributed by atoms with Gasteiger partial charge in [0.25, 0.3) is 23.6 Å². The number of primary amides is 2. The van der Waals surface area contributed by atoms with Gasteiger partial charge in [-0.1, -0.05) is 70.2 Å². The van der Waals surface area contributed by atoms with Crippen LogP contribution in [-0.2, 0) is 30.3 Å². The number of aromatic nitrogens is 7. The van der Waals surface area contributed by atoms with E-state index in [9.17, 15) is 24.3 Å². The molecule has 9 heterocycles. The van der Waals surface area contributed by atoms with Crippen molar-refractivity contribution in [2.45, 2.75) is 128 Å². The van der Waals surface area contributed by atoms with E-state index in [0.717, 1.165) is 34.0 Å². The first-order valence-electron chi connectivity index (χ1n) is 30.4. The normalized spacial score (nSPS) is 19.2. The highest BCUT2D eigenvalue weighted by Crippen LogP contribution is 2.44. The Morgan fingerprint density at radius 2 is 1.30 bits per heavy atom. The van der Waals surface area contributed by atoms with Gasteiger partial charge in [-0.2, -0.15) is 0 Å². The molecule has 6 amide bonds. The van der Waals surface area contributed by atoms with Crippen LogP contribution in [0.2, 0.25) is 18.1 Å². The highest BCUT2D eigenvalue weighted by atomic mass is 32.1. The van der Waals surface area contributed by atoms with Gasteiger partial charge in [0.1, 0.15) is 106 Å². The van der Waals surface area contributed by atoms with Crippen LogP contribution in [0.4, 0.5) is 0 Å². The average Bonchev–Trinajstić information content (AvgIpc) is 1.61. The van der Waals surface area contributed by atoms with Crippen molar-refractivity contribution in [2.75, 3.05) is 13.2 Å². The Kier molecular flexibility index (Phi) is 20.1. The summed E-state index contributed by atoms with van der Waals surface area (Å²) in [7, 11) is -2.25. The summed E-state index contributed by atoms with van der Waals surface area (Å²) in [6, 6.07) is 15.2. The summed E-state index contributed by atoms with van der Waals surface area (Å²) in [5.41, 5.74) is 13.6. The van der Waals surface area contributed by atoms with Gasteiger partial charge in [0.15, 0.2) is 0 Å². The molecule has 2 aliphatic heterocycles. The first-order chi connectivity index (χ1) is 45.5. The van der Waals surface area contributed by atoms with E-state index in [4.69, 9.17) is 55.3 Å². The van der Waals surface area contributed by atoms with Crippen LogP contribution in [0.15, 0.2) is 93.6 Å². The minimum atomic E-state index is -2.25. The predicted molar refractivity (Wildman–Crippen MR) is 370 cm³/mol. The smallest absolute Gasteiger partial charge is 0.332 e. The number of carbonyl (C=O) groups is 7. The zero-order valence-electron chi connectivity index (χ0n) is 53.8. The van der Waals surface area contributed by atoms with Crippen molar-refractivity contribution >= 4 is 118 Å². The molecule has 2 aromatic carbocycles. The van der Waals surface area contributed by atoms with E-state index in [-0.39, 0.29) is 50.8 Å². The lowest BCUT2D eigenvalue weighted by Crippen LogP contribution is -2.50. The number of nitrogens with one attached hydrogen (secondary N) is 3. The van der Waals surface area contributed by atoms with E-state index in [0.29, 0.717) is 70.1 Å². The van der Waals surface area contributed by atoms with Gasteiger partial charge in [0.05, 0.1) is 30.3 Å². The van der Waals surface area contributed by atoms with Crippen molar-refractivity contribution in [1.82, 2.24) is 55.7 Å². The van der Waals surface area contributed by atoms with Gasteiger partial charge in [-0.05, 0) is 81.2 Å². The summed E-state index contributed by atoms with van der Waals surface area (Å²) in [5.74, 6) is -4.73. The molecule has 1 fully saturated rings. The molecule has 24 nitrogen and oxygen atoms in total. The zero-order valence-corrected chi connectivity index (χ0v) is 59.7. The largest absolute Gasteiger partial charge is 0.544 e. The molecule has 31 heteroatoms. The van der Waals surface area contributed by atoms with Crippen molar-refractivity contribution in [1.29, 1.82) is 0 Å². The Labute approximate surface area is 577 Å². The number of carbonyl (C=O) groups excluding carboxylic acids is 7. The maximum atomic E-state index is 15.6. The number of benzene rings is 2. The molecule has 9 aromatic rings. The van der Waals surface area contributed by atoms with Crippen LogP contribution in [0.1, 0.15) is 152 Å². The van der Waals surface area contributed by atoms with Crippen molar-refractivity contribution in [3.05, 3.63) is 147 Å². The number of pyridine rings is 1. The van der Waals surface area contributed by atoms with E-state index in [2.05, 4.69) is 54.8 Å².